The van der Waals surface area contributed by atoms with E-state index in [2.05, 4.69) is 25.2 Å². The number of halogens is 1. The maximum Gasteiger partial charge on any atom is 0.123 e. The van der Waals surface area contributed by atoms with Gasteiger partial charge in [-0.2, -0.15) is 0 Å². The van der Waals surface area contributed by atoms with E-state index in [4.69, 9.17) is 0 Å². The molecular weight excluding hydrogens is 225 g/mol. The highest BCUT2D eigenvalue weighted by Gasteiger charge is 2.20. The van der Waals surface area contributed by atoms with Crippen LogP contribution in [0.15, 0.2) is 29.8 Å². The largest absolute Gasteiger partial charge is 0.307 e. The lowest BCUT2D eigenvalue weighted by Gasteiger charge is -2.22. The number of hydrogen-bond donors (Lipinski definition) is 1. The average molecular weight is 247 g/mol. The fourth-order valence-corrected chi connectivity index (χ4v) is 2.61. The van der Waals surface area contributed by atoms with Gasteiger partial charge in [-0.1, -0.05) is 24.6 Å². The molecule has 18 heavy (non-hydrogen) atoms. The molecule has 1 aliphatic carbocycles. The molecule has 0 radical (unpaired) electrons. The van der Waals surface area contributed by atoms with Crippen molar-refractivity contribution in [3.8, 4) is 0 Å². The van der Waals surface area contributed by atoms with Gasteiger partial charge in [-0.3, -0.25) is 0 Å². The lowest BCUT2D eigenvalue weighted by Crippen LogP contribution is -2.24. The third kappa shape index (κ3) is 2.99. The van der Waals surface area contributed by atoms with Crippen molar-refractivity contribution in [2.45, 2.75) is 45.6 Å². The fraction of sp³-hybridized carbons (Fsp3) is 0.500. The molecule has 1 N–H and O–H groups in total. The SMILES string of the molecule is CCCNC(C1=CCCC1)c1cc(F)ccc1C. The van der Waals surface area contributed by atoms with Crippen molar-refractivity contribution in [3.05, 3.63) is 46.8 Å². The predicted octanol–water partition coefficient (Wildman–Crippen LogP) is 4.29. The number of nitrogens with one attached hydrogen (secondary N) is 1. The molecule has 0 heterocycles. The molecule has 98 valence electrons. The van der Waals surface area contributed by atoms with Crippen molar-refractivity contribution >= 4 is 0 Å². The normalized spacial score (nSPS) is 16.7. The van der Waals surface area contributed by atoms with Crippen LogP contribution in [0.4, 0.5) is 4.39 Å². The second-order valence-electron chi connectivity index (χ2n) is 5.06. The minimum absolute atomic E-state index is 0.141. The molecule has 1 atom stereocenters. The quantitative estimate of drug-likeness (QED) is 0.766. The van der Waals surface area contributed by atoms with E-state index in [-0.39, 0.29) is 11.9 Å². The molecule has 0 saturated heterocycles. The van der Waals surface area contributed by atoms with Crippen LogP contribution >= 0.6 is 0 Å². The van der Waals surface area contributed by atoms with E-state index in [1.165, 1.54) is 12.0 Å². The van der Waals surface area contributed by atoms with Crippen molar-refractivity contribution in [1.82, 2.24) is 5.32 Å². The summed E-state index contributed by atoms with van der Waals surface area (Å²) in [5.41, 5.74) is 3.69. The molecular formula is C16H22FN. The van der Waals surface area contributed by atoms with Crippen molar-refractivity contribution in [3.63, 3.8) is 0 Å². The minimum Gasteiger partial charge on any atom is -0.307 e. The lowest BCUT2D eigenvalue weighted by atomic mass is 9.94. The Kier molecular flexibility index (Phi) is 4.54. The molecule has 2 heteroatoms. The predicted molar refractivity (Wildman–Crippen MR) is 74.1 cm³/mol. The van der Waals surface area contributed by atoms with E-state index < -0.39 is 0 Å². The van der Waals surface area contributed by atoms with Crippen LogP contribution < -0.4 is 5.32 Å². The molecule has 1 aromatic rings. The van der Waals surface area contributed by atoms with E-state index in [1.54, 1.807) is 12.1 Å². The van der Waals surface area contributed by atoms with Crippen molar-refractivity contribution in [1.29, 1.82) is 0 Å². The number of rotatable bonds is 5. The van der Waals surface area contributed by atoms with Crippen LogP contribution in [-0.4, -0.2) is 6.54 Å². The molecule has 0 spiro atoms. The summed E-state index contributed by atoms with van der Waals surface area (Å²) < 4.78 is 13.5. The van der Waals surface area contributed by atoms with Gasteiger partial charge in [-0.15, -0.1) is 0 Å². The van der Waals surface area contributed by atoms with E-state index in [0.29, 0.717) is 0 Å². The van der Waals surface area contributed by atoms with Gasteiger partial charge in [-0.05, 0) is 62.4 Å². The molecule has 0 saturated carbocycles. The first-order valence-electron chi connectivity index (χ1n) is 6.90. The van der Waals surface area contributed by atoms with Gasteiger partial charge in [0.1, 0.15) is 5.82 Å². The van der Waals surface area contributed by atoms with Crippen LogP contribution in [0.2, 0.25) is 0 Å². The van der Waals surface area contributed by atoms with Crippen molar-refractivity contribution < 1.29 is 4.39 Å². The Morgan fingerprint density at radius 3 is 2.89 bits per heavy atom. The Hall–Kier alpha value is -1.15. The van der Waals surface area contributed by atoms with Crippen molar-refractivity contribution in [2.75, 3.05) is 6.54 Å². The molecule has 1 aliphatic rings. The number of aryl methyl sites for hydroxylation is 1. The fourth-order valence-electron chi connectivity index (χ4n) is 2.61. The molecule has 1 aromatic carbocycles. The summed E-state index contributed by atoms with van der Waals surface area (Å²) in [7, 11) is 0. The summed E-state index contributed by atoms with van der Waals surface area (Å²) in [6.07, 6.45) is 6.94. The van der Waals surface area contributed by atoms with E-state index in [9.17, 15) is 4.39 Å². The summed E-state index contributed by atoms with van der Waals surface area (Å²) in [5, 5.41) is 3.56. The first kappa shape index (κ1) is 13.3. The van der Waals surface area contributed by atoms with Gasteiger partial charge in [0.2, 0.25) is 0 Å². The second kappa shape index (κ2) is 6.14. The van der Waals surface area contributed by atoms with Crippen LogP contribution in [0.1, 0.15) is 49.8 Å². The molecule has 0 aliphatic heterocycles. The highest BCUT2D eigenvalue weighted by molar-refractivity contribution is 5.36. The van der Waals surface area contributed by atoms with Gasteiger partial charge < -0.3 is 5.32 Å². The molecule has 2 rings (SSSR count). The average Bonchev–Trinajstić information content (AvgIpc) is 2.88. The van der Waals surface area contributed by atoms with Gasteiger partial charge in [0.15, 0.2) is 0 Å². The van der Waals surface area contributed by atoms with Crippen LogP contribution in [0.25, 0.3) is 0 Å². The summed E-state index contributed by atoms with van der Waals surface area (Å²) >= 11 is 0. The Morgan fingerprint density at radius 1 is 1.39 bits per heavy atom. The second-order valence-corrected chi connectivity index (χ2v) is 5.06. The topological polar surface area (TPSA) is 12.0 Å². The van der Waals surface area contributed by atoms with Crippen molar-refractivity contribution in [2.24, 2.45) is 0 Å². The number of hydrogen-bond acceptors (Lipinski definition) is 1. The lowest BCUT2D eigenvalue weighted by molar-refractivity contribution is 0.567. The van der Waals surface area contributed by atoms with Gasteiger partial charge >= 0.3 is 0 Å². The smallest absolute Gasteiger partial charge is 0.123 e. The highest BCUT2D eigenvalue weighted by atomic mass is 19.1. The Bertz CT molecular complexity index is 437. The van der Waals surface area contributed by atoms with Gasteiger partial charge in [0.05, 0.1) is 6.04 Å². The Morgan fingerprint density at radius 2 is 2.22 bits per heavy atom. The molecule has 0 bridgehead atoms. The van der Waals surface area contributed by atoms with E-state index in [0.717, 1.165) is 36.9 Å². The van der Waals surface area contributed by atoms with E-state index in [1.807, 2.05) is 6.07 Å². The number of allylic oxidation sites excluding steroid dienone is 1. The highest BCUT2D eigenvalue weighted by Crippen LogP contribution is 2.32. The monoisotopic (exact) mass is 247 g/mol. The summed E-state index contributed by atoms with van der Waals surface area (Å²) in [5.74, 6) is -0.141. The summed E-state index contributed by atoms with van der Waals surface area (Å²) in [6.45, 7) is 5.19. The van der Waals surface area contributed by atoms with E-state index >= 15 is 0 Å². The summed E-state index contributed by atoms with van der Waals surface area (Å²) in [4.78, 5) is 0. The third-order valence-corrected chi connectivity index (χ3v) is 3.60. The zero-order valence-corrected chi connectivity index (χ0v) is 11.3. The first-order valence-corrected chi connectivity index (χ1v) is 6.90. The van der Waals surface area contributed by atoms with Crippen LogP contribution in [-0.2, 0) is 0 Å². The third-order valence-electron chi connectivity index (χ3n) is 3.60. The molecule has 1 unspecified atom stereocenters. The maximum absolute atomic E-state index is 13.5. The number of benzene rings is 1. The molecule has 0 fully saturated rings. The van der Waals surface area contributed by atoms with Gasteiger partial charge in [0, 0.05) is 0 Å². The first-order chi connectivity index (χ1) is 8.72. The van der Waals surface area contributed by atoms with Crippen LogP contribution in [0, 0.1) is 12.7 Å². The molecule has 0 aromatic heterocycles. The van der Waals surface area contributed by atoms with Gasteiger partial charge in [0.25, 0.3) is 0 Å². The zero-order chi connectivity index (χ0) is 13.0. The van der Waals surface area contributed by atoms with Gasteiger partial charge in [-0.25, -0.2) is 4.39 Å². The Balaban J connectivity index is 2.29. The Labute approximate surface area is 109 Å². The van der Waals surface area contributed by atoms with Crippen LogP contribution in [0.5, 0.6) is 0 Å². The maximum atomic E-state index is 13.5. The molecule has 0 amide bonds. The zero-order valence-electron chi connectivity index (χ0n) is 11.3. The minimum atomic E-state index is -0.141. The van der Waals surface area contributed by atoms with Crippen LogP contribution in [0.3, 0.4) is 0 Å². The standard InChI is InChI=1S/C16H22FN/c1-3-10-18-16(13-6-4-5-7-13)15-11-14(17)9-8-12(15)2/h6,8-9,11,16,18H,3-5,7,10H2,1-2H3. The molecule has 1 nitrogen and oxygen atoms in total. The summed E-state index contributed by atoms with van der Waals surface area (Å²) in [6, 6.07) is 5.30.